The molecule has 6 rings (SSSR count). The summed E-state index contributed by atoms with van der Waals surface area (Å²) in [5, 5.41) is 0. The second kappa shape index (κ2) is 10.1. The van der Waals surface area contributed by atoms with E-state index >= 15 is 0 Å². The van der Waals surface area contributed by atoms with E-state index in [1.807, 2.05) is 36.2 Å². The summed E-state index contributed by atoms with van der Waals surface area (Å²) in [6.45, 7) is 8.85. The molecule has 4 aliphatic rings. The van der Waals surface area contributed by atoms with Crippen molar-refractivity contribution in [3.8, 4) is 11.5 Å². The smallest absolute Gasteiger partial charge is 0.307 e. The Bertz CT molecular complexity index is 1400. The maximum atomic E-state index is 13.5. The van der Waals surface area contributed by atoms with Crippen LogP contribution in [0.25, 0.3) is 6.08 Å². The van der Waals surface area contributed by atoms with Crippen LogP contribution >= 0.6 is 0 Å². The Morgan fingerprint density at radius 1 is 1.25 bits per heavy atom. The molecule has 7 heteroatoms. The van der Waals surface area contributed by atoms with Gasteiger partial charge in [0.1, 0.15) is 11.9 Å². The largest absolute Gasteiger partial charge is 0.493 e. The van der Waals surface area contributed by atoms with E-state index in [9.17, 15) is 9.59 Å². The van der Waals surface area contributed by atoms with Gasteiger partial charge in [-0.25, -0.2) is 0 Å². The number of piperidine rings is 1. The molecule has 1 spiro atoms. The van der Waals surface area contributed by atoms with Crippen LogP contribution in [0.2, 0.25) is 0 Å². The van der Waals surface area contributed by atoms with Crippen LogP contribution in [0.15, 0.2) is 54.8 Å². The van der Waals surface area contributed by atoms with E-state index in [0.29, 0.717) is 18.2 Å². The van der Waals surface area contributed by atoms with Crippen LogP contribution in [0.5, 0.6) is 11.5 Å². The van der Waals surface area contributed by atoms with E-state index in [4.69, 9.17) is 14.2 Å². The van der Waals surface area contributed by atoms with Gasteiger partial charge in [0.25, 0.3) is 0 Å². The van der Waals surface area contributed by atoms with E-state index in [0.717, 1.165) is 54.9 Å². The highest BCUT2D eigenvalue weighted by molar-refractivity contribution is 5.92. The molecule has 5 atom stereocenters. The number of esters is 1. The van der Waals surface area contributed by atoms with Gasteiger partial charge in [0, 0.05) is 37.1 Å². The van der Waals surface area contributed by atoms with E-state index < -0.39 is 0 Å². The van der Waals surface area contributed by atoms with Crippen molar-refractivity contribution in [1.82, 2.24) is 9.80 Å². The average Bonchev–Trinajstić information content (AvgIpc) is 3.27. The van der Waals surface area contributed by atoms with Crippen molar-refractivity contribution in [3.05, 3.63) is 77.1 Å². The van der Waals surface area contributed by atoms with Crippen LogP contribution in [0.3, 0.4) is 0 Å². The average molecular weight is 543 g/mol. The number of benzene rings is 2. The molecule has 2 aromatic rings. The highest BCUT2D eigenvalue weighted by Gasteiger charge is 2.66. The second-order valence-corrected chi connectivity index (χ2v) is 11.8. The Balaban J connectivity index is 1.32. The summed E-state index contributed by atoms with van der Waals surface area (Å²) in [4.78, 5) is 29.3. The van der Waals surface area contributed by atoms with Gasteiger partial charge in [-0.05, 0) is 68.3 Å². The fraction of sp³-hybridized carbons (Fsp3) is 0.455. The Labute approximate surface area is 236 Å². The Kier molecular flexibility index (Phi) is 6.73. The van der Waals surface area contributed by atoms with Gasteiger partial charge < -0.3 is 19.1 Å². The van der Waals surface area contributed by atoms with Crippen molar-refractivity contribution in [2.45, 2.75) is 63.1 Å². The molecule has 0 N–H and O–H groups in total. The van der Waals surface area contributed by atoms with Crippen LogP contribution in [0.4, 0.5) is 0 Å². The molecule has 0 aromatic heterocycles. The Hall–Kier alpha value is -3.58. The summed E-state index contributed by atoms with van der Waals surface area (Å²) in [6.07, 6.45) is 7.07. The molecule has 2 aliphatic heterocycles. The van der Waals surface area contributed by atoms with Gasteiger partial charge in [-0.1, -0.05) is 42.5 Å². The third kappa shape index (κ3) is 4.22. The molecule has 0 radical (unpaired) electrons. The normalized spacial score (nSPS) is 28.0. The van der Waals surface area contributed by atoms with Crippen LogP contribution in [0, 0.1) is 12.8 Å². The first-order valence-electron chi connectivity index (χ1n) is 14.2. The monoisotopic (exact) mass is 542 g/mol. The number of carbonyl (C=O) groups is 2. The van der Waals surface area contributed by atoms with Crippen molar-refractivity contribution in [3.63, 3.8) is 0 Å². The fourth-order valence-electron chi connectivity index (χ4n) is 8.03. The van der Waals surface area contributed by atoms with Crippen LogP contribution < -0.4 is 9.47 Å². The van der Waals surface area contributed by atoms with Crippen LogP contribution in [-0.4, -0.2) is 67.1 Å². The molecule has 40 heavy (non-hydrogen) atoms. The topological polar surface area (TPSA) is 68.3 Å². The van der Waals surface area contributed by atoms with Crippen LogP contribution in [0.1, 0.15) is 48.4 Å². The fourth-order valence-corrected chi connectivity index (χ4v) is 8.03. The standard InChI is InChI=1S/C33H38N2O5/c1-20-7-6-8-23(17-20)9-14-29(37)34(4)26-12-11-25-27-18-24-10-13-28(38-5)31-30(24)33(25,32(26)40-31)15-16-35(27)19-21(2)39-22(3)36/h6-10,13-14,17,25-27,32H,2,11-12,15-16,18-19H2,1,3-5H3/t25-,26-,27+,32-,33-/m0/s1. The zero-order chi connectivity index (χ0) is 28.2. The van der Waals surface area contributed by atoms with Gasteiger partial charge in [0.15, 0.2) is 11.5 Å². The molecule has 2 aromatic carbocycles. The molecule has 1 saturated heterocycles. The summed E-state index contributed by atoms with van der Waals surface area (Å²) in [7, 11) is 3.60. The van der Waals surface area contributed by atoms with Crippen molar-refractivity contribution in [2.24, 2.45) is 5.92 Å². The minimum atomic E-state index is -0.335. The minimum absolute atomic E-state index is 0.0180. The van der Waals surface area contributed by atoms with Gasteiger partial charge >= 0.3 is 5.97 Å². The number of methoxy groups -OCH3 is 1. The van der Waals surface area contributed by atoms with E-state index in [1.165, 1.54) is 18.1 Å². The molecule has 2 bridgehead atoms. The summed E-state index contributed by atoms with van der Waals surface area (Å²) in [6, 6.07) is 12.6. The lowest BCUT2D eigenvalue weighted by Crippen LogP contribution is -2.69. The maximum Gasteiger partial charge on any atom is 0.307 e. The lowest BCUT2D eigenvalue weighted by atomic mass is 9.51. The molecule has 1 amide bonds. The van der Waals surface area contributed by atoms with Crippen molar-refractivity contribution >= 4 is 18.0 Å². The molecule has 210 valence electrons. The van der Waals surface area contributed by atoms with Gasteiger partial charge in [0.2, 0.25) is 5.91 Å². The number of hydrogen-bond donors (Lipinski definition) is 0. The molecule has 1 saturated carbocycles. The summed E-state index contributed by atoms with van der Waals surface area (Å²) < 4.78 is 18.0. The summed E-state index contributed by atoms with van der Waals surface area (Å²) in [5.41, 5.74) is 4.56. The first-order chi connectivity index (χ1) is 19.2. The number of likely N-dealkylation sites (N-methyl/N-ethyl adjacent to an activating group) is 1. The van der Waals surface area contributed by atoms with Gasteiger partial charge in [0.05, 0.1) is 19.7 Å². The highest BCUT2D eigenvalue weighted by Crippen LogP contribution is 2.64. The summed E-state index contributed by atoms with van der Waals surface area (Å²) in [5.74, 6) is 2.11. The third-order valence-electron chi connectivity index (χ3n) is 9.58. The van der Waals surface area contributed by atoms with Gasteiger partial charge in [-0.2, -0.15) is 0 Å². The maximum absolute atomic E-state index is 13.5. The third-order valence-corrected chi connectivity index (χ3v) is 9.58. The molecular formula is C33H38N2O5. The quantitative estimate of drug-likeness (QED) is 0.288. The number of hydrogen-bond acceptors (Lipinski definition) is 6. The van der Waals surface area contributed by atoms with E-state index in [2.05, 4.69) is 36.6 Å². The van der Waals surface area contributed by atoms with Crippen LogP contribution in [-0.2, 0) is 26.2 Å². The van der Waals surface area contributed by atoms with Crippen molar-refractivity contribution in [2.75, 3.05) is 27.2 Å². The lowest BCUT2D eigenvalue weighted by molar-refractivity contribution is -0.139. The van der Waals surface area contributed by atoms with Crippen molar-refractivity contribution < 1.29 is 23.8 Å². The van der Waals surface area contributed by atoms with Gasteiger partial charge in [-0.15, -0.1) is 0 Å². The predicted molar refractivity (Wildman–Crippen MR) is 153 cm³/mol. The van der Waals surface area contributed by atoms with Crippen molar-refractivity contribution in [1.29, 1.82) is 0 Å². The highest BCUT2D eigenvalue weighted by atomic mass is 16.5. The molecule has 2 heterocycles. The number of aryl methyl sites for hydroxylation is 1. The van der Waals surface area contributed by atoms with Gasteiger partial charge in [-0.3, -0.25) is 14.5 Å². The molecule has 7 nitrogen and oxygen atoms in total. The molecule has 0 unspecified atom stereocenters. The first-order valence-corrected chi connectivity index (χ1v) is 14.2. The number of ether oxygens (including phenoxy) is 3. The Morgan fingerprint density at radius 2 is 2.08 bits per heavy atom. The SMILES string of the molecule is C=C(CN1CC[C@]23c4c5ccc(OC)c4O[C@H]2[C@@H](N(C)C(=O)C=Cc2cccc(C)c2)CC[C@H]3[C@H]1C5)OC(C)=O. The Morgan fingerprint density at radius 3 is 2.83 bits per heavy atom. The predicted octanol–water partition coefficient (Wildman–Crippen LogP) is 4.66. The minimum Gasteiger partial charge on any atom is -0.493 e. The lowest BCUT2D eigenvalue weighted by Gasteiger charge is -2.60. The zero-order valence-electron chi connectivity index (χ0n) is 23.8. The van der Waals surface area contributed by atoms with E-state index in [-0.39, 0.29) is 35.5 Å². The molecular weight excluding hydrogens is 504 g/mol. The number of amides is 1. The van der Waals surface area contributed by atoms with E-state index in [1.54, 1.807) is 13.2 Å². The number of nitrogens with zero attached hydrogens (tertiary/aromatic N) is 2. The zero-order valence-corrected chi connectivity index (χ0v) is 23.8. The molecule has 2 aliphatic carbocycles. The summed E-state index contributed by atoms with van der Waals surface area (Å²) >= 11 is 0. The number of likely N-dealkylation sites (tertiary alicyclic amines) is 1. The molecule has 2 fully saturated rings. The first kappa shape index (κ1) is 26.6. The second-order valence-electron chi connectivity index (χ2n) is 11.8. The number of rotatable bonds is 7. The number of carbonyl (C=O) groups excluding carboxylic acids is 2.